The van der Waals surface area contributed by atoms with E-state index < -0.39 is 12.1 Å². The zero-order valence-corrected chi connectivity index (χ0v) is 9.92. The molecule has 0 spiro atoms. The molecule has 0 fully saturated rings. The number of hydrogen-bond acceptors (Lipinski definition) is 4. The monoisotopic (exact) mass is 253 g/mol. The Bertz CT molecular complexity index is 432. The number of rotatable bonds is 6. The minimum atomic E-state index is -1.46. The van der Waals surface area contributed by atoms with Crippen LogP contribution in [0, 0.1) is 0 Å². The lowest BCUT2D eigenvalue weighted by molar-refractivity contribution is -0.146. The highest BCUT2D eigenvalue weighted by Gasteiger charge is 2.13. The number of aliphatic carboxylic acids is 1. The van der Waals surface area contributed by atoms with E-state index in [1.165, 1.54) is 7.11 Å². The number of carbonyl (C=O) groups is 2. The average molecular weight is 253 g/mol. The molecule has 0 heterocycles. The molecule has 18 heavy (non-hydrogen) atoms. The smallest absolute Gasteiger partial charge is 0.332 e. The lowest BCUT2D eigenvalue weighted by atomic mass is 10.2. The van der Waals surface area contributed by atoms with Crippen molar-refractivity contribution in [2.45, 2.75) is 12.5 Å². The molecule has 0 aliphatic rings. The van der Waals surface area contributed by atoms with E-state index in [0.29, 0.717) is 11.3 Å². The van der Waals surface area contributed by atoms with Gasteiger partial charge in [0.2, 0.25) is 0 Å². The SMILES string of the molecule is COc1cccc(C(=O)NCC[C@H](O)C(=O)O)c1. The van der Waals surface area contributed by atoms with E-state index in [2.05, 4.69) is 5.32 Å². The Morgan fingerprint density at radius 1 is 1.44 bits per heavy atom. The number of hydrogen-bond donors (Lipinski definition) is 3. The largest absolute Gasteiger partial charge is 0.497 e. The molecule has 0 radical (unpaired) electrons. The van der Waals surface area contributed by atoms with Crippen LogP contribution in [-0.4, -0.2) is 41.8 Å². The third-order valence-corrected chi connectivity index (χ3v) is 2.32. The summed E-state index contributed by atoms with van der Waals surface area (Å²) in [4.78, 5) is 22.0. The first kappa shape index (κ1) is 14.0. The van der Waals surface area contributed by atoms with Crippen LogP contribution in [0.3, 0.4) is 0 Å². The van der Waals surface area contributed by atoms with E-state index in [4.69, 9.17) is 14.9 Å². The fourth-order valence-electron chi connectivity index (χ4n) is 1.31. The van der Waals surface area contributed by atoms with Crippen molar-refractivity contribution in [3.63, 3.8) is 0 Å². The molecular formula is C12H15NO5. The normalized spacial score (nSPS) is 11.7. The van der Waals surface area contributed by atoms with Crippen LogP contribution in [-0.2, 0) is 4.79 Å². The molecule has 6 nitrogen and oxygen atoms in total. The number of methoxy groups -OCH3 is 1. The van der Waals surface area contributed by atoms with Gasteiger partial charge in [-0.15, -0.1) is 0 Å². The zero-order chi connectivity index (χ0) is 13.5. The quantitative estimate of drug-likeness (QED) is 0.676. The van der Waals surface area contributed by atoms with Crippen LogP contribution < -0.4 is 10.1 Å². The van der Waals surface area contributed by atoms with E-state index in [1.807, 2.05) is 0 Å². The Labute approximate surface area is 104 Å². The predicted octanol–water partition coefficient (Wildman–Crippen LogP) is 0.261. The molecule has 1 atom stereocenters. The summed E-state index contributed by atoms with van der Waals surface area (Å²) in [5.41, 5.74) is 0.416. The van der Waals surface area contributed by atoms with Gasteiger partial charge in [-0.3, -0.25) is 4.79 Å². The standard InChI is InChI=1S/C12H15NO5/c1-18-9-4-2-3-8(7-9)11(15)13-6-5-10(14)12(16)17/h2-4,7,10,14H,5-6H2,1H3,(H,13,15)(H,16,17)/t10-/m0/s1. The highest BCUT2D eigenvalue weighted by Crippen LogP contribution is 2.12. The van der Waals surface area contributed by atoms with Gasteiger partial charge in [0.05, 0.1) is 7.11 Å². The maximum Gasteiger partial charge on any atom is 0.332 e. The molecule has 1 rings (SSSR count). The molecule has 0 aromatic heterocycles. The lowest BCUT2D eigenvalue weighted by Gasteiger charge is -2.08. The molecule has 98 valence electrons. The Morgan fingerprint density at radius 2 is 2.17 bits per heavy atom. The van der Waals surface area contributed by atoms with Crippen molar-refractivity contribution in [2.24, 2.45) is 0 Å². The summed E-state index contributed by atoms with van der Waals surface area (Å²) in [6.07, 6.45) is -1.50. The van der Waals surface area contributed by atoms with Crippen molar-refractivity contribution in [1.82, 2.24) is 5.32 Å². The first-order valence-corrected chi connectivity index (χ1v) is 5.37. The summed E-state index contributed by atoms with van der Waals surface area (Å²) in [5, 5.41) is 20.0. The zero-order valence-electron chi connectivity index (χ0n) is 9.92. The molecule has 0 aliphatic carbocycles. The van der Waals surface area contributed by atoms with Crippen LogP contribution >= 0.6 is 0 Å². The molecule has 3 N–H and O–H groups in total. The van der Waals surface area contributed by atoms with Crippen LogP contribution in [0.5, 0.6) is 5.75 Å². The second-order valence-electron chi connectivity index (χ2n) is 3.63. The molecule has 0 unspecified atom stereocenters. The number of benzene rings is 1. The predicted molar refractivity (Wildman–Crippen MR) is 63.6 cm³/mol. The highest BCUT2D eigenvalue weighted by molar-refractivity contribution is 5.94. The number of amides is 1. The van der Waals surface area contributed by atoms with Crippen LogP contribution in [0.4, 0.5) is 0 Å². The number of aliphatic hydroxyl groups is 1. The van der Waals surface area contributed by atoms with Crippen molar-refractivity contribution >= 4 is 11.9 Å². The number of carbonyl (C=O) groups excluding carboxylic acids is 1. The van der Waals surface area contributed by atoms with Crippen molar-refractivity contribution in [2.75, 3.05) is 13.7 Å². The number of aliphatic hydroxyl groups excluding tert-OH is 1. The minimum Gasteiger partial charge on any atom is -0.497 e. The van der Waals surface area contributed by atoms with Crippen LogP contribution in [0.1, 0.15) is 16.8 Å². The minimum absolute atomic E-state index is 0.0367. The summed E-state index contributed by atoms with van der Waals surface area (Å²) in [6.45, 7) is 0.0868. The van der Waals surface area contributed by atoms with Gasteiger partial charge in [0.1, 0.15) is 5.75 Å². The Balaban J connectivity index is 2.47. The van der Waals surface area contributed by atoms with Crippen molar-refractivity contribution < 1.29 is 24.5 Å². The van der Waals surface area contributed by atoms with E-state index in [0.717, 1.165) is 0 Å². The fraction of sp³-hybridized carbons (Fsp3) is 0.333. The second-order valence-corrected chi connectivity index (χ2v) is 3.63. The van der Waals surface area contributed by atoms with Crippen LogP contribution in [0.25, 0.3) is 0 Å². The summed E-state index contributed by atoms with van der Waals surface area (Å²) in [7, 11) is 1.50. The highest BCUT2D eigenvalue weighted by atomic mass is 16.5. The summed E-state index contributed by atoms with van der Waals surface area (Å²) < 4.78 is 4.98. The molecule has 0 aliphatic heterocycles. The van der Waals surface area contributed by atoms with Gasteiger partial charge in [-0.05, 0) is 18.2 Å². The second kappa shape index (κ2) is 6.61. The molecule has 0 bridgehead atoms. The molecule has 6 heteroatoms. The number of carboxylic acids is 1. The maximum atomic E-state index is 11.7. The Morgan fingerprint density at radius 3 is 2.78 bits per heavy atom. The van der Waals surface area contributed by atoms with E-state index >= 15 is 0 Å². The Hall–Kier alpha value is -2.08. The van der Waals surface area contributed by atoms with E-state index in [9.17, 15) is 9.59 Å². The summed E-state index contributed by atoms with van der Waals surface area (Å²) in [6, 6.07) is 6.58. The number of nitrogens with one attached hydrogen (secondary N) is 1. The number of ether oxygens (including phenoxy) is 1. The van der Waals surface area contributed by atoms with Gasteiger partial charge < -0.3 is 20.3 Å². The van der Waals surface area contributed by atoms with Gasteiger partial charge >= 0.3 is 5.97 Å². The number of carboxylic acid groups (broad SMARTS) is 1. The average Bonchev–Trinajstić information content (AvgIpc) is 2.38. The molecule has 1 aromatic rings. The van der Waals surface area contributed by atoms with Crippen molar-refractivity contribution in [1.29, 1.82) is 0 Å². The third kappa shape index (κ3) is 4.06. The Kier molecular flexibility index (Phi) is 5.13. The molecule has 1 amide bonds. The maximum absolute atomic E-state index is 11.7. The van der Waals surface area contributed by atoms with Gasteiger partial charge in [0.25, 0.3) is 5.91 Å². The van der Waals surface area contributed by atoms with E-state index in [-0.39, 0.29) is 18.9 Å². The summed E-state index contributed by atoms with van der Waals surface area (Å²) >= 11 is 0. The van der Waals surface area contributed by atoms with E-state index in [1.54, 1.807) is 24.3 Å². The van der Waals surface area contributed by atoms with Crippen molar-refractivity contribution in [3.05, 3.63) is 29.8 Å². The lowest BCUT2D eigenvalue weighted by Crippen LogP contribution is -2.30. The molecule has 0 saturated heterocycles. The first-order chi connectivity index (χ1) is 8.54. The molecule has 0 saturated carbocycles. The van der Waals surface area contributed by atoms with Gasteiger partial charge in [-0.25, -0.2) is 4.79 Å². The van der Waals surface area contributed by atoms with Gasteiger partial charge in [0, 0.05) is 18.5 Å². The summed E-state index contributed by atoms with van der Waals surface area (Å²) in [5.74, 6) is -1.08. The van der Waals surface area contributed by atoms with Gasteiger partial charge in [-0.2, -0.15) is 0 Å². The molecular weight excluding hydrogens is 238 g/mol. The van der Waals surface area contributed by atoms with Gasteiger partial charge in [0.15, 0.2) is 6.10 Å². The van der Waals surface area contributed by atoms with Crippen molar-refractivity contribution in [3.8, 4) is 5.75 Å². The topological polar surface area (TPSA) is 95.9 Å². The third-order valence-electron chi connectivity index (χ3n) is 2.32. The molecule has 1 aromatic carbocycles. The van der Waals surface area contributed by atoms with Crippen LogP contribution in [0.15, 0.2) is 24.3 Å². The fourth-order valence-corrected chi connectivity index (χ4v) is 1.31. The van der Waals surface area contributed by atoms with Crippen LogP contribution in [0.2, 0.25) is 0 Å². The van der Waals surface area contributed by atoms with Gasteiger partial charge in [-0.1, -0.05) is 6.07 Å². The first-order valence-electron chi connectivity index (χ1n) is 5.37.